The molecule has 1 heterocycles. The van der Waals surface area contributed by atoms with Crippen LogP contribution in [-0.2, 0) is 11.9 Å². The molecule has 154 valence electrons. The Morgan fingerprint density at radius 3 is 2.48 bits per heavy atom. The van der Waals surface area contributed by atoms with Crippen molar-refractivity contribution in [3.8, 4) is 11.5 Å². The molecule has 9 heteroatoms. The number of benzene rings is 2. The first-order valence-corrected chi connectivity index (χ1v) is 9.70. The zero-order chi connectivity index (χ0) is 21.0. The van der Waals surface area contributed by atoms with E-state index in [0.717, 1.165) is 12.1 Å². The van der Waals surface area contributed by atoms with Gasteiger partial charge in [-0.3, -0.25) is 14.7 Å². The molecule has 0 unspecified atom stereocenters. The Kier molecular flexibility index (Phi) is 6.36. The van der Waals surface area contributed by atoms with Crippen molar-refractivity contribution in [1.29, 1.82) is 0 Å². The Morgan fingerprint density at radius 1 is 1.14 bits per heavy atom. The van der Waals surface area contributed by atoms with Crippen LogP contribution >= 0.6 is 11.8 Å². The van der Waals surface area contributed by atoms with Crippen molar-refractivity contribution in [2.75, 3.05) is 27.3 Å². The number of halogens is 3. The summed E-state index contributed by atoms with van der Waals surface area (Å²) < 4.78 is 48.6. The van der Waals surface area contributed by atoms with E-state index in [9.17, 15) is 18.0 Å². The van der Waals surface area contributed by atoms with Crippen LogP contribution in [0.4, 0.5) is 13.2 Å². The van der Waals surface area contributed by atoms with Gasteiger partial charge in [-0.15, -0.1) is 0 Å². The summed E-state index contributed by atoms with van der Waals surface area (Å²) in [6, 6.07) is 10.0. The Hall–Kier alpha value is -2.68. The molecule has 2 aromatic carbocycles. The number of thioether (sulfide) groups is 1. The van der Waals surface area contributed by atoms with Gasteiger partial charge in [-0.05, 0) is 29.8 Å². The minimum absolute atomic E-state index is 0.267. The van der Waals surface area contributed by atoms with Crippen LogP contribution in [0.1, 0.15) is 21.5 Å². The molecule has 0 bridgehead atoms. The Morgan fingerprint density at radius 2 is 1.86 bits per heavy atom. The molecule has 0 aliphatic carbocycles. The molecule has 3 rings (SSSR count). The van der Waals surface area contributed by atoms with Crippen LogP contribution in [-0.4, -0.2) is 43.3 Å². The Balaban J connectivity index is 1.71. The summed E-state index contributed by atoms with van der Waals surface area (Å²) in [7, 11) is 2.96. The van der Waals surface area contributed by atoms with Crippen LogP contribution in [0.3, 0.4) is 0 Å². The molecule has 0 spiro atoms. The molecule has 0 fully saturated rings. The summed E-state index contributed by atoms with van der Waals surface area (Å²) in [5.74, 6) is 0.931. The van der Waals surface area contributed by atoms with Gasteiger partial charge in [-0.1, -0.05) is 30.0 Å². The number of nitrogens with zero attached hydrogens (tertiary/aromatic N) is 2. The van der Waals surface area contributed by atoms with E-state index in [1.54, 1.807) is 23.1 Å². The van der Waals surface area contributed by atoms with E-state index in [-0.39, 0.29) is 5.91 Å². The first-order chi connectivity index (χ1) is 13.8. The number of carbonyl (C=O) groups excluding carboxylic acids is 1. The highest BCUT2D eigenvalue weighted by Crippen LogP contribution is 2.33. The van der Waals surface area contributed by atoms with Crippen LogP contribution < -0.4 is 9.47 Å². The second kappa shape index (κ2) is 8.77. The maximum Gasteiger partial charge on any atom is 0.416 e. The van der Waals surface area contributed by atoms with Gasteiger partial charge in [0.05, 0.1) is 31.9 Å². The van der Waals surface area contributed by atoms with Gasteiger partial charge in [0, 0.05) is 12.3 Å². The third-order valence-corrected chi connectivity index (χ3v) is 5.41. The smallest absolute Gasteiger partial charge is 0.416 e. The summed E-state index contributed by atoms with van der Waals surface area (Å²) in [6.07, 6.45) is -4.36. The molecule has 1 aliphatic heterocycles. The molecule has 0 atom stereocenters. The number of hydrogen-bond acceptors (Lipinski definition) is 5. The number of rotatable bonds is 5. The van der Waals surface area contributed by atoms with Gasteiger partial charge < -0.3 is 9.47 Å². The number of methoxy groups -OCH3 is 2. The summed E-state index contributed by atoms with van der Waals surface area (Å²) >= 11 is 1.31. The molecule has 0 saturated carbocycles. The first kappa shape index (κ1) is 21.0. The summed E-state index contributed by atoms with van der Waals surface area (Å²) in [6.45, 7) is 0.891. The van der Waals surface area contributed by atoms with Crippen LogP contribution in [0.25, 0.3) is 0 Å². The second-order valence-electron chi connectivity index (χ2n) is 6.15. The quantitative estimate of drug-likeness (QED) is 0.711. The van der Waals surface area contributed by atoms with E-state index in [0.29, 0.717) is 46.6 Å². The summed E-state index contributed by atoms with van der Waals surface area (Å²) in [4.78, 5) is 19.0. The second-order valence-corrected chi connectivity index (χ2v) is 7.09. The van der Waals surface area contributed by atoms with Crippen molar-refractivity contribution in [1.82, 2.24) is 4.90 Å². The van der Waals surface area contributed by atoms with E-state index in [4.69, 9.17) is 9.47 Å². The van der Waals surface area contributed by atoms with Crippen molar-refractivity contribution in [3.05, 3.63) is 59.2 Å². The molecular weight excluding hydrogens is 405 g/mol. The molecule has 1 aliphatic rings. The fourth-order valence-electron chi connectivity index (χ4n) is 2.88. The fraction of sp³-hybridized carbons (Fsp3) is 0.300. The summed E-state index contributed by atoms with van der Waals surface area (Å²) in [5, 5.41) is 0.528. The number of aliphatic imine (C=N–C) groups is 1. The molecule has 29 heavy (non-hydrogen) atoms. The van der Waals surface area contributed by atoms with E-state index in [1.807, 2.05) is 0 Å². The maximum atomic E-state index is 13.0. The van der Waals surface area contributed by atoms with Crippen LogP contribution in [0, 0.1) is 0 Å². The largest absolute Gasteiger partial charge is 0.493 e. The van der Waals surface area contributed by atoms with Gasteiger partial charge in [0.25, 0.3) is 5.91 Å². The van der Waals surface area contributed by atoms with E-state index in [2.05, 4.69) is 4.99 Å². The van der Waals surface area contributed by atoms with Crippen LogP contribution in [0.2, 0.25) is 0 Å². The molecule has 0 N–H and O–H groups in total. The lowest BCUT2D eigenvalue weighted by atomic mass is 10.1. The number of ether oxygens (including phenoxy) is 2. The van der Waals surface area contributed by atoms with E-state index < -0.39 is 11.7 Å². The number of carbonyl (C=O) groups is 1. The van der Waals surface area contributed by atoms with Crippen molar-refractivity contribution < 1.29 is 27.4 Å². The lowest BCUT2D eigenvalue weighted by Crippen LogP contribution is -2.33. The Labute approximate surface area is 170 Å². The lowest BCUT2D eigenvalue weighted by Gasteiger charge is -2.20. The number of hydrogen-bond donors (Lipinski definition) is 0. The van der Waals surface area contributed by atoms with E-state index in [1.165, 1.54) is 38.1 Å². The molecule has 1 amide bonds. The highest BCUT2D eigenvalue weighted by Gasteiger charge is 2.30. The van der Waals surface area contributed by atoms with Crippen LogP contribution in [0.15, 0.2) is 47.5 Å². The minimum Gasteiger partial charge on any atom is -0.493 e. The van der Waals surface area contributed by atoms with Gasteiger partial charge in [-0.25, -0.2) is 0 Å². The third-order valence-electron chi connectivity index (χ3n) is 4.33. The predicted molar refractivity (Wildman–Crippen MR) is 106 cm³/mol. The standard InChI is InChI=1S/C20H19F3N2O3S/c1-27-16-5-3-4-15(17(16)28-2)18(26)25-11-10-24-19(25)29-12-13-6-8-14(9-7-13)20(21,22)23/h3-9H,10-12H2,1-2H3. The highest BCUT2D eigenvalue weighted by molar-refractivity contribution is 8.13. The fourth-order valence-corrected chi connectivity index (χ4v) is 3.88. The number of amidine groups is 1. The zero-order valence-electron chi connectivity index (χ0n) is 15.8. The molecule has 0 saturated heterocycles. The molecule has 2 aromatic rings. The molecule has 0 radical (unpaired) electrons. The summed E-state index contributed by atoms with van der Waals surface area (Å²) in [5.41, 5.74) is 0.381. The highest BCUT2D eigenvalue weighted by atomic mass is 32.2. The van der Waals surface area contributed by atoms with Crippen molar-refractivity contribution in [2.45, 2.75) is 11.9 Å². The van der Waals surface area contributed by atoms with Gasteiger partial charge in [0.1, 0.15) is 0 Å². The van der Waals surface area contributed by atoms with E-state index >= 15 is 0 Å². The first-order valence-electron chi connectivity index (χ1n) is 8.71. The molecule has 5 nitrogen and oxygen atoms in total. The Bertz CT molecular complexity index is 914. The van der Waals surface area contributed by atoms with Crippen molar-refractivity contribution >= 4 is 22.8 Å². The van der Waals surface area contributed by atoms with Crippen molar-refractivity contribution in [3.63, 3.8) is 0 Å². The zero-order valence-corrected chi connectivity index (χ0v) is 16.6. The van der Waals surface area contributed by atoms with Gasteiger partial charge in [-0.2, -0.15) is 13.2 Å². The number of amides is 1. The van der Waals surface area contributed by atoms with Gasteiger partial charge >= 0.3 is 6.18 Å². The maximum absolute atomic E-state index is 13.0. The monoisotopic (exact) mass is 424 g/mol. The normalized spacial score (nSPS) is 14.0. The minimum atomic E-state index is -4.36. The van der Waals surface area contributed by atoms with Gasteiger partial charge in [0.2, 0.25) is 0 Å². The molecular formula is C20H19F3N2O3S. The van der Waals surface area contributed by atoms with Gasteiger partial charge in [0.15, 0.2) is 16.7 Å². The number of para-hydroxylation sites is 1. The van der Waals surface area contributed by atoms with Crippen LogP contribution in [0.5, 0.6) is 11.5 Å². The predicted octanol–water partition coefficient (Wildman–Crippen LogP) is 4.47. The van der Waals surface area contributed by atoms with Crippen molar-refractivity contribution in [2.24, 2.45) is 4.99 Å². The molecule has 0 aromatic heterocycles. The average Bonchev–Trinajstić information content (AvgIpc) is 3.19. The SMILES string of the molecule is COc1cccc(C(=O)N2CCN=C2SCc2ccc(C(F)(F)F)cc2)c1OC. The number of alkyl halides is 3. The topological polar surface area (TPSA) is 51.1 Å². The lowest BCUT2D eigenvalue weighted by molar-refractivity contribution is -0.137. The third kappa shape index (κ3) is 4.67. The average molecular weight is 424 g/mol.